The van der Waals surface area contributed by atoms with Gasteiger partial charge in [-0.1, -0.05) is 15.9 Å². The molecule has 0 saturated heterocycles. The monoisotopic (exact) mass is 400 g/mol. The summed E-state index contributed by atoms with van der Waals surface area (Å²) in [6.07, 6.45) is 3.32. The lowest BCUT2D eigenvalue weighted by molar-refractivity contribution is -0.386. The largest absolute Gasteiger partial charge is 0.482 e. The lowest BCUT2D eigenvalue weighted by Crippen LogP contribution is -2.01. The van der Waals surface area contributed by atoms with Crippen LogP contribution < -0.4 is 4.74 Å². The fraction of sp³-hybridized carbons (Fsp3) is 0.154. The fourth-order valence-electron chi connectivity index (χ4n) is 1.73. The molecule has 7 heteroatoms. The molecule has 0 amide bonds. The molecule has 0 aliphatic rings. The maximum atomic E-state index is 11.1. The first-order chi connectivity index (χ1) is 9.47. The molecule has 2 rings (SSSR count). The minimum absolute atomic E-state index is 0.0557. The molecule has 20 heavy (non-hydrogen) atoms. The van der Waals surface area contributed by atoms with E-state index in [1.165, 1.54) is 6.07 Å². The van der Waals surface area contributed by atoms with Gasteiger partial charge in [0.2, 0.25) is 0 Å². The number of aryl methyl sites for hydroxylation is 1. The van der Waals surface area contributed by atoms with Crippen LogP contribution >= 0.6 is 31.9 Å². The van der Waals surface area contributed by atoms with Crippen LogP contribution in [-0.4, -0.2) is 9.91 Å². The smallest absolute Gasteiger partial charge is 0.312 e. The summed E-state index contributed by atoms with van der Waals surface area (Å²) in [5.41, 5.74) is 1.48. The molecule has 0 N–H and O–H groups in total. The lowest BCUT2D eigenvalue weighted by atomic mass is 10.2. The summed E-state index contributed by atoms with van der Waals surface area (Å²) in [5, 5.41) is 11.1. The Kier molecular flexibility index (Phi) is 4.72. The Bertz CT molecular complexity index is 662. The SMILES string of the molecule is Cc1cc(Br)cc([N+](=O)[O-])c1OCc1cncc(Br)c1. The second-order valence-corrected chi connectivity index (χ2v) is 5.96. The highest BCUT2D eigenvalue weighted by atomic mass is 79.9. The van der Waals surface area contributed by atoms with Crippen LogP contribution in [0.1, 0.15) is 11.1 Å². The van der Waals surface area contributed by atoms with Gasteiger partial charge < -0.3 is 4.74 Å². The molecular formula is C13H10Br2N2O3. The molecule has 0 unspecified atom stereocenters. The molecular weight excluding hydrogens is 392 g/mol. The zero-order chi connectivity index (χ0) is 14.7. The number of nitrogens with zero attached hydrogens (tertiary/aromatic N) is 2. The van der Waals surface area contributed by atoms with Crippen molar-refractivity contribution in [2.24, 2.45) is 0 Å². The lowest BCUT2D eigenvalue weighted by Gasteiger charge is -2.10. The van der Waals surface area contributed by atoms with Crippen LogP contribution in [0.3, 0.4) is 0 Å². The van der Waals surface area contributed by atoms with Gasteiger partial charge in [-0.25, -0.2) is 0 Å². The Hall–Kier alpha value is -1.47. The highest BCUT2D eigenvalue weighted by Crippen LogP contribution is 2.34. The number of benzene rings is 1. The average Bonchev–Trinajstić information content (AvgIpc) is 2.36. The third-order valence-electron chi connectivity index (χ3n) is 2.56. The molecule has 5 nitrogen and oxygen atoms in total. The highest BCUT2D eigenvalue weighted by Gasteiger charge is 2.19. The number of nitro groups is 1. The van der Waals surface area contributed by atoms with Crippen molar-refractivity contribution in [3.05, 3.63) is 60.8 Å². The quantitative estimate of drug-likeness (QED) is 0.562. The van der Waals surface area contributed by atoms with Crippen LogP contribution in [0.2, 0.25) is 0 Å². The second kappa shape index (κ2) is 6.32. The molecule has 0 saturated carbocycles. The van der Waals surface area contributed by atoms with Gasteiger partial charge in [0.05, 0.1) is 4.92 Å². The van der Waals surface area contributed by atoms with Crippen molar-refractivity contribution in [1.29, 1.82) is 0 Å². The van der Waals surface area contributed by atoms with Crippen molar-refractivity contribution in [1.82, 2.24) is 4.98 Å². The summed E-state index contributed by atoms with van der Waals surface area (Å²) in [4.78, 5) is 14.6. The van der Waals surface area contributed by atoms with Crippen molar-refractivity contribution in [2.75, 3.05) is 0 Å². The van der Waals surface area contributed by atoms with E-state index in [0.717, 1.165) is 10.0 Å². The van der Waals surface area contributed by atoms with Crippen LogP contribution in [-0.2, 0) is 6.61 Å². The number of ether oxygens (including phenoxy) is 1. The van der Waals surface area contributed by atoms with Crippen LogP contribution in [0, 0.1) is 17.0 Å². The Morgan fingerprint density at radius 1 is 1.25 bits per heavy atom. The molecule has 0 spiro atoms. The zero-order valence-electron chi connectivity index (χ0n) is 10.5. The van der Waals surface area contributed by atoms with E-state index >= 15 is 0 Å². The maximum Gasteiger partial charge on any atom is 0.312 e. The van der Waals surface area contributed by atoms with Crippen LogP contribution in [0.4, 0.5) is 5.69 Å². The Balaban J connectivity index is 2.27. The predicted octanol–water partition coefficient (Wildman–Crippen LogP) is 4.40. The maximum absolute atomic E-state index is 11.1. The van der Waals surface area contributed by atoms with Crippen LogP contribution in [0.25, 0.3) is 0 Å². The van der Waals surface area contributed by atoms with Gasteiger partial charge in [0.25, 0.3) is 0 Å². The summed E-state index contributed by atoms with van der Waals surface area (Å²) < 4.78 is 7.09. The number of nitro benzene ring substituents is 1. The molecule has 1 heterocycles. The minimum atomic E-state index is -0.452. The molecule has 104 valence electrons. The molecule has 2 aromatic rings. The summed E-state index contributed by atoms with van der Waals surface area (Å²) in [6, 6.07) is 5.07. The second-order valence-electron chi connectivity index (χ2n) is 4.13. The third kappa shape index (κ3) is 3.55. The van der Waals surface area contributed by atoms with Gasteiger partial charge in [-0.3, -0.25) is 15.1 Å². The van der Waals surface area contributed by atoms with E-state index in [9.17, 15) is 10.1 Å². The van der Waals surface area contributed by atoms with E-state index in [0.29, 0.717) is 10.0 Å². The molecule has 1 aromatic carbocycles. The predicted molar refractivity (Wildman–Crippen MR) is 81.8 cm³/mol. The Labute approximate surface area is 132 Å². The van der Waals surface area contributed by atoms with Gasteiger partial charge in [0.1, 0.15) is 6.61 Å². The number of hydrogen-bond donors (Lipinski definition) is 0. The normalized spacial score (nSPS) is 10.3. The van der Waals surface area contributed by atoms with Crippen molar-refractivity contribution in [3.8, 4) is 5.75 Å². The summed E-state index contributed by atoms with van der Waals surface area (Å²) in [6.45, 7) is 1.99. The summed E-state index contributed by atoms with van der Waals surface area (Å²) in [7, 11) is 0. The van der Waals surface area contributed by atoms with Crippen LogP contribution in [0.5, 0.6) is 5.75 Å². The Morgan fingerprint density at radius 3 is 2.65 bits per heavy atom. The number of hydrogen-bond acceptors (Lipinski definition) is 4. The van der Waals surface area contributed by atoms with Crippen molar-refractivity contribution in [2.45, 2.75) is 13.5 Å². The molecule has 0 fully saturated rings. The first-order valence-electron chi connectivity index (χ1n) is 5.64. The molecule has 0 aliphatic heterocycles. The van der Waals surface area contributed by atoms with Crippen LogP contribution in [0.15, 0.2) is 39.5 Å². The fourth-order valence-corrected chi connectivity index (χ4v) is 2.70. The van der Waals surface area contributed by atoms with Crippen molar-refractivity contribution < 1.29 is 9.66 Å². The van der Waals surface area contributed by atoms with Gasteiger partial charge >= 0.3 is 5.69 Å². The summed E-state index contributed by atoms with van der Waals surface area (Å²) in [5.74, 6) is 0.276. The van der Waals surface area contributed by atoms with Gasteiger partial charge in [0, 0.05) is 33.0 Å². The Morgan fingerprint density at radius 2 is 2.00 bits per heavy atom. The minimum Gasteiger partial charge on any atom is -0.482 e. The van der Waals surface area contributed by atoms with Gasteiger partial charge in [-0.2, -0.15) is 0 Å². The molecule has 0 atom stereocenters. The number of aromatic nitrogens is 1. The third-order valence-corrected chi connectivity index (χ3v) is 3.45. The van der Waals surface area contributed by atoms with E-state index in [-0.39, 0.29) is 18.0 Å². The van der Waals surface area contributed by atoms with Gasteiger partial charge in [-0.15, -0.1) is 0 Å². The number of halogens is 2. The van der Waals surface area contributed by atoms with E-state index < -0.39 is 4.92 Å². The van der Waals surface area contributed by atoms with Gasteiger partial charge in [0.15, 0.2) is 5.75 Å². The highest BCUT2D eigenvalue weighted by molar-refractivity contribution is 9.10. The number of pyridine rings is 1. The van der Waals surface area contributed by atoms with E-state index in [1.54, 1.807) is 25.4 Å². The topological polar surface area (TPSA) is 65.3 Å². The van der Waals surface area contributed by atoms with Crippen molar-refractivity contribution >= 4 is 37.5 Å². The first-order valence-corrected chi connectivity index (χ1v) is 7.22. The van der Waals surface area contributed by atoms with E-state index in [4.69, 9.17) is 4.74 Å². The molecule has 0 bridgehead atoms. The molecule has 0 aliphatic carbocycles. The zero-order valence-corrected chi connectivity index (χ0v) is 13.6. The van der Waals surface area contributed by atoms with Crippen molar-refractivity contribution in [3.63, 3.8) is 0 Å². The first kappa shape index (κ1) is 14.9. The standard InChI is InChI=1S/C13H10Br2N2O3/c1-8-2-10(14)4-12(17(18)19)13(8)20-7-9-3-11(15)6-16-5-9/h2-6H,7H2,1H3. The van der Waals surface area contributed by atoms with E-state index in [1.807, 2.05) is 6.07 Å². The molecule has 0 radical (unpaired) electrons. The van der Waals surface area contributed by atoms with E-state index in [2.05, 4.69) is 36.8 Å². The van der Waals surface area contributed by atoms with Gasteiger partial charge in [-0.05, 0) is 40.5 Å². The summed E-state index contributed by atoms with van der Waals surface area (Å²) >= 11 is 6.56. The molecule has 1 aromatic heterocycles. The number of rotatable bonds is 4. The average molecular weight is 402 g/mol.